The maximum Gasteiger partial charge on any atom is 0.291 e. The van der Waals surface area contributed by atoms with Gasteiger partial charge in [0.2, 0.25) is 0 Å². The standard InChI is InChI=1S/C16H10BrClN2O2/c17-11-5-3-10(4-6-11)13-7-8-14(22-13)16(21)20-12-2-1-9-19-15(12)18/h1-9H,(H,20,21). The number of hydrogen-bond acceptors (Lipinski definition) is 3. The number of amides is 1. The van der Waals surface area contributed by atoms with Gasteiger partial charge in [0.25, 0.3) is 5.91 Å². The van der Waals surface area contributed by atoms with Crippen LogP contribution in [0.25, 0.3) is 11.3 Å². The molecule has 22 heavy (non-hydrogen) atoms. The number of carbonyl (C=O) groups excluding carboxylic acids is 1. The summed E-state index contributed by atoms with van der Waals surface area (Å²) in [6.45, 7) is 0. The van der Waals surface area contributed by atoms with E-state index in [1.165, 1.54) is 0 Å². The van der Waals surface area contributed by atoms with Crippen LogP contribution in [0.15, 0.2) is 63.6 Å². The third kappa shape index (κ3) is 3.21. The molecule has 0 atom stereocenters. The van der Waals surface area contributed by atoms with Gasteiger partial charge in [-0.1, -0.05) is 39.7 Å². The molecule has 6 heteroatoms. The second kappa shape index (κ2) is 6.34. The summed E-state index contributed by atoms with van der Waals surface area (Å²) in [4.78, 5) is 16.1. The fourth-order valence-electron chi connectivity index (χ4n) is 1.89. The van der Waals surface area contributed by atoms with Crippen molar-refractivity contribution in [1.82, 2.24) is 4.98 Å². The average molecular weight is 378 g/mol. The summed E-state index contributed by atoms with van der Waals surface area (Å²) in [5.74, 6) is 0.450. The molecule has 2 heterocycles. The molecule has 3 rings (SSSR count). The molecule has 0 saturated heterocycles. The van der Waals surface area contributed by atoms with E-state index in [1.807, 2.05) is 24.3 Å². The fourth-order valence-corrected chi connectivity index (χ4v) is 2.32. The number of anilines is 1. The average Bonchev–Trinajstić information content (AvgIpc) is 3.00. The first-order valence-corrected chi connectivity index (χ1v) is 7.58. The summed E-state index contributed by atoms with van der Waals surface area (Å²) in [5, 5.41) is 2.90. The normalized spacial score (nSPS) is 10.5. The molecule has 0 fully saturated rings. The summed E-state index contributed by atoms with van der Waals surface area (Å²) >= 11 is 9.29. The summed E-state index contributed by atoms with van der Waals surface area (Å²) in [7, 11) is 0. The van der Waals surface area contributed by atoms with E-state index in [-0.39, 0.29) is 16.8 Å². The zero-order valence-corrected chi connectivity index (χ0v) is 13.6. The Kier molecular flexibility index (Phi) is 4.27. The molecule has 0 aliphatic heterocycles. The number of nitrogens with one attached hydrogen (secondary N) is 1. The number of rotatable bonds is 3. The van der Waals surface area contributed by atoms with Gasteiger partial charge in [-0.05, 0) is 36.4 Å². The maximum absolute atomic E-state index is 12.2. The van der Waals surface area contributed by atoms with E-state index in [4.69, 9.17) is 16.0 Å². The van der Waals surface area contributed by atoms with Gasteiger partial charge in [0.1, 0.15) is 5.76 Å². The minimum Gasteiger partial charge on any atom is -0.451 e. The third-order valence-electron chi connectivity index (χ3n) is 2.97. The van der Waals surface area contributed by atoms with Gasteiger partial charge in [0.15, 0.2) is 10.9 Å². The molecule has 0 radical (unpaired) electrons. The number of pyridine rings is 1. The van der Waals surface area contributed by atoms with E-state index in [0.29, 0.717) is 11.4 Å². The van der Waals surface area contributed by atoms with Crippen LogP contribution in [0.1, 0.15) is 10.6 Å². The molecule has 0 aliphatic rings. The summed E-state index contributed by atoms with van der Waals surface area (Å²) in [6, 6.07) is 14.4. The van der Waals surface area contributed by atoms with Gasteiger partial charge in [0, 0.05) is 16.2 Å². The molecule has 0 aliphatic carbocycles. The van der Waals surface area contributed by atoms with Crippen LogP contribution < -0.4 is 5.32 Å². The predicted octanol–water partition coefficient (Wildman–Crippen LogP) is 5.01. The molecule has 0 unspecified atom stereocenters. The molecule has 1 amide bonds. The topological polar surface area (TPSA) is 55.1 Å². The summed E-state index contributed by atoms with van der Waals surface area (Å²) in [5.41, 5.74) is 1.33. The van der Waals surface area contributed by atoms with Crippen LogP contribution in [-0.4, -0.2) is 10.9 Å². The van der Waals surface area contributed by atoms with Crippen molar-refractivity contribution in [3.8, 4) is 11.3 Å². The first-order valence-electron chi connectivity index (χ1n) is 6.41. The molecule has 4 nitrogen and oxygen atoms in total. The molecular formula is C16H10BrClN2O2. The highest BCUT2D eigenvalue weighted by atomic mass is 79.9. The van der Waals surface area contributed by atoms with Crippen molar-refractivity contribution >= 4 is 39.1 Å². The zero-order chi connectivity index (χ0) is 15.5. The molecule has 110 valence electrons. The number of nitrogens with zero attached hydrogens (tertiary/aromatic N) is 1. The van der Waals surface area contributed by atoms with Crippen molar-refractivity contribution in [3.63, 3.8) is 0 Å². The van der Waals surface area contributed by atoms with E-state index >= 15 is 0 Å². The number of halogens is 2. The lowest BCUT2D eigenvalue weighted by Gasteiger charge is -2.04. The summed E-state index contributed by atoms with van der Waals surface area (Å²) in [6.07, 6.45) is 1.55. The van der Waals surface area contributed by atoms with Crippen molar-refractivity contribution in [2.75, 3.05) is 5.32 Å². The van der Waals surface area contributed by atoms with E-state index in [2.05, 4.69) is 26.2 Å². The number of carbonyl (C=O) groups is 1. The van der Waals surface area contributed by atoms with Crippen molar-refractivity contribution in [2.24, 2.45) is 0 Å². The first kappa shape index (κ1) is 14.8. The van der Waals surface area contributed by atoms with Crippen molar-refractivity contribution < 1.29 is 9.21 Å². The minimum atomic E-state index is -0.377. The highest BCUT2D eigenvalue weighted by molar-refractivity contribution is 9.10. The quantitative estimate of drug-likeness (QED) is 0.653. The fraction of sp³-hybridized carbons (Fsp3) is 0. The predicted molar refractivity (Wildman–Crippen MR) is 89.0 cm³/mol. The van der Waals surface area contributed by atoms with Crippen LogP contribution in [0.5, 0.6) is 0 Å². The first-order chi connectivity index (χ1) is 10.6. The Morgan fingerprint density at radius 2 is 1.91 bits per heavy atom. The molecule has 0 spiro atoms. The smallest absolute Gasteiger partial charge is 0.291 e. The monoisotopic (exact) mass is 376 g/mol. The Hall–Kier alpha value is -2.11. The number of aromatic nitrogens is 1. The van der Waals surface area contributed by atoms with Crippen LogP contribution >= 0.6 is 27.5 Å². The molecule has 2 aromatic heterocycles. The van der Waals surface area contributed by atoms with Gasteiger partial charge in [-0.15, -0.1) is 0 Å². The Labute approximate surface area is 140 Å². The van der Waals surface area contributed by atoms with Crippen LogP contribution in [-0.2, 0) is 0 Å². The van der Waals surface area contributed by atoms with Crippen LogP contribution in [0.2, 0.25) is 5.15 Å². The second-order valence-corrected chi connectivity index (χ2v) is 5.74. The highest BCUT2D eigenvalue weighted by Crippen LogP contribution is 2.25. The van der Waals surface area contributed by atoms with E-state index in [0.717, 1.165) is 10.0 Å². The van der Waals surface area contributed by atoms with E-state index in [9.17, 15) is 4.79 Å². The van der Waals surface area contributed by atoms with Gasteiger partial charge in [-0.25, -0.2) is 4.98 Å². The zero-order valence-electron chi connectivity index (χ0n) is 11.2. The number of furan rings is 1. The molecule has 0 bridgehead atoms. The van der Waals surface area contributed by atoms with Crippen molar-refractivity contribution in [2.45, 2.75) is 0 Å². The largest absolute Gasteiger partial charge is 0.451 e. The number of hydrogen-bond donors (Lipinski definition) is 1. The van der Waals surface area contributed by atoms with Crippen molar-refractivity contribution in [3.05, 3.63) is 70.1 Å². The van der Waals surface area contributed by atoms with Crippen LogP contribution in [0.3, 0.4) is 0 Å². The van der Waals surface area contributed by atoms with E-state index in [1.54, 1.807) is 30.5 Å². The van der Waals surface area contributed by atoms with Gasteiger partial charge >= 0.3 is 0 Å². The Morgan fingerprint density at radius 3 is 2.64 bits per heavy atom. The van der Waals surface area contributed by atoms with E-state index < -0.39 is 0 Å². The maximum atomic E-state index is 12.2. The van der Waals surface area contributed by atoms with Crippen LogP contribution in [0, 0.1) is 0 Å². The van der Waals surface area contributed by atoms with Gasteiger partial charge in [-0.2, -0.15) is 0 Å². The van der Waals surface area contributed by atoms with Gasteiger partial charge < -0.3 is 9.73 Å². The number of benzene rings is 1. The Bertz CT molecular complexity index is 815. The van der Waals surface area contributed by atoms with Crippen LogP contribution in [0.4, 0.5) is 5.69 Å². The lowest BCUT2D eigenvalue weighted by molar-refractivity contribution is 0.0997. The van der Waals surface area contributed by atoms with Gasteiger partial charge in [-0.3, -0.25) is 4.79 Å². The second-order valence-electron chi connectivity index (χ2n) is 4.47. The molecule has 3 aromatic rings. The highest BCUT2D eigenvalue weighted by Gasteiger charge is 2.14. The molecule has 0 saturated carbocycles. The Morgan fingerprint density at radius 1 is 1.14 bits per heavy atom. The third-order valence-corrected chi connectivity index (χ3v) is 3.80. The molecule has 1 N–H and O–H groups in total. The lowest BCUT2D eigenvalue weighted by atomic mass is 10.2. The van der Waals surface area contributed by atoms with Crippen molar-refractivity contribution in [1.29, 1.82) is 0 Å². The summed E-state index contributed by atoms with van der Waals surface area (Å²) < 4.78 is 6.57. The van der Waals surface area contributed by atoms with Gasteiger partial charge in [0.05, 0.1) is 5.69 Å². The Balaban J connectivity index is 1.80. The lowest BCUT2D eigenvalue weighted by Crippen LogP contribution is -2.11. The minimum absolute atomic E-state index is 0.206. The SMILES string of the molecule is O=C(Nc1cccnc1Cl)c1ccc(-c2ccc(Br)cc2)o1. The molecule has 1 aromatic carbocycles. The molecular weight excluding hydrogens is 368 g/mol.